The van der Waals surface area contributed by atoms with Gasteiger partial charge in [0.1, 0.15) is 0 Å². The van der Waals surface area contributed by atoms with Crippen LogP contribution in [0.4, 0.5) is 5.69 Å². The lowest BCUT2D eigenvalue weighted by Crippen LogP contribution is -2.24. The zero-order chi connectivity index (χ0) is 13.9. The molecule has 0 saturated heterocycles. The molecule has 1 atom stereocenters. The Morgan fingerprint density at radius 2 is 1.83 bits per heavy atom. The van der Waals surface area contributed by atoms with Gasteiger partial charge in [-0.3, -0.25) is 4.79 Å². The van der Waals surface area contributed by atoms with Crippen molar-refractivity contribution in [2.45, 2.75) is 20.8 Å². The van der Waals surface area contributed by atoms with Crippen LogP contribution in [0, 0.1) is 11.8 Å². The summed E-state index contributed by atoms with van der Waals surface area (Å²) in [6.45, 7) is 5.72. The summed E-state index contributed by atoms with van der Waals surface area (Å²) < 4.78 is 0. The number of benzene rings is 1. The SMILES string of the molecule is CC(C)C(C)C(=O)Nc1cc(Cl)cc(C(=O)O)c1. The molecule has 0 aliphatic heterocycles. The fourth-order valence-electron chi connectivity index (χ4n) is 1.34. The Morgan fingerprint density at radius 1 is 1.22 bits per heavy atom. The molecule has 1 amide bonds. The van der Waals surface area contributed by atoms with Gasteiger partial charge >= 0.3 is 5.97 Å². The van der Waals surface area contributed by atoms with E-state index in [1.165, 1.54) is 18.2 Å². The lowest BCUT2D eigenvalue weighted by molar-refractivity contribution is -0.120. The summed E-state index contributed by atoms with van der Waals surface area (Å²) in [7, 11) is 0. The van der Waals surface area contributed by atoms with Crippen molar-refractivity contribution in [1.29, 1.82) is 0 Å². The number of carbonyl (C=O) groups excluding carboxylic acids is 1. The maximum atomic E-state index is 11.8. The molecule has 4 nitrogen and oxygen atoms in total. The van der Waals surface area contributed by atoms with E-state index in [1.54, 1.807) is 0 Å². The van der Waals surface area contributed by atoms with E-state index in [-0.39, 0.29) is 28.3 Å². The van der Waals surface area contributed by atoms with E-state index < -0.39 is 5.97 Å². The average molecular weight is 270 g/mol. The maximum absolute atomic E-state index is 11.8. The maximum Gasteiger partial charge on any atom is 0.335 e. The van der Waals surface area contributed by atoms with Gasteiger partial charge in [-0.05, 0) is 24.1 Å². The largest absolute Gasteiger partial charge is 0.478 e. The monoisotopic (exact) mass is 269 g/mol. The molecule has 1 aromatic carbocycles. The molecule has 98 valence electrons. The third kappa shape index (κ3) is 3.74. The molecule has 0 aliphatic rings. The van der Waals surface area contributed by atoms with Crippen LogP contribution in [0.25, 0.3) is 0 Å². The molecule has 0 aliphatic carbocycles. The van der Waals surface area contributed by atoms with Gasteiger partial charge in [0.25, 0.3) is 0 Å². The van der Waals surface area contributed by atoms with Crippen LogP contribution in [0.5, 0.6) is 0 Å². The van der Waals surface area contributed by atoms with Crippen molar-refractivity contribution in [2.75, 3.05) is 5.32 Å². The van der Waals surface area contributed by atoms with Crippen LogP contribution in [0.3, 0.4) is 0 Å². The Balaban J connectivity index is 2.91. The third-order valence-electron chi connectivity index (χ3n) is 2.83. The molecular weight excluding hydrogens is 254 g/mol. The van der Waals surface area contributed by atoms with Gasteiger partial charge in [0.05, 0.1) is 5.56 Å². The van der Waals surface area contributed by atoms with E-state index in [1.807, 2.05) is 20.8 Å². The number of rotatable bonds is 4. The van der Waals surface area contributed by atoms with E-state index in [9.17, 15) is 9.59 Å². The molecule has 0 radical (unpaired) electrons. The van der Waals surface area contributed by atoms with E-state index in [4.69, 9.17) is 16.7 Å². The van der Waals surface area contributed by atoms with Crippen molar-refractivity contribution in [3.05, 3.63) is 28.8 Å². The van der Waals surface area contributed by atoms with Crippen molar-refractivity contribution in [2.24, 2.45) is 11.8 Å². The normalized spacial score (nSPS) is 12.3. The second-order valence-corrected chi connectivity index (χ2v) is 4.99. The number of carboxylic acid groups (broad SMARTS) is 1. The Kier molecular flexibility index (Phi) is 4.73. The highest BCUT2D eigenvalue weighted by molar-refractivity contribution is 6.31. The Morgan fingerprint density at radius 3 is 2.33 bits per heavy atom. The number of amides is 1. The van der Waals surface area contributed by atoms with Gasteiger partial charge in [-0.25, -0.2) is 4.79 Å². The minimum atomic E-state index is -1.08. The molecule has 5 heteroatoms. The fraction of sp³-hybridized carbons (Fsp3) is 0.385. The summed E-state index contributed by atoms with van der Waals surface area (Å²) in [5.41, 5.74) is 0.451. The number of hydrogen-bond donors (Lipinski definition) is 2. The summed E-state index contributed by atoms with van der Waals surface area (Å²) in [6, 6.07) is 4.25. The zero-order valence-electron chi connectivity index (χ0n) is 10.5. The average Bonchev–Trinajstić information content (AvgIpc) is 2.26. The van der Waals surface area contributed by atoms with Crippen LogP contribution in [0.1, 0.15) is 31.1 Å². The first-order valence-electron chi connectivity index (χ1n) is 5.66. The Bertz CT molecular complexity index is 471. The van der Waals surface area contributed by atoms with Crippen molar-refractivity contribution in [3.8, 4) is 0 Å². The highest BCUT2D eigenvalue weighted by atomic mass is 35.5. The number of anilines is 1. The molecule has 1 aromatic rings. The standard InChI is InChI=1S/C13H16ClNO3/c1-7(2)8(3)12(16)15-11-5-9(13(17)18)4-10(14)6-11/h4-8H,1-3H3,(H,15,16)(H,17,18). The molecule has 0 heterocycles. The minimum absolute atomic E-state index is 0.0509. The molecule has 1 unspecified atom stereocenters. The number of carboxylic acids is 1. The van der Waals surface area contributed by atoms with Crippen molar-refractivity contribution in [3.63, 3.8) is 0 Å². The summed E-state index contributed by atoms with van der Waals surface area (Å²) in [4.78, 5) is 22.7. The van der Waals surface area contributed by atoms with Gasteiger partial charge in [-0.1, -0.05) is 32.4 Å². The quantitative estimate of drug-likeness (QED) is 0.882. The second-order valence-electron chi connectivity index (χ2n) is 4.56. The second kappa shape index (κ2) is 5.87. The van der Waals surface area contributed by atoms with Gasteiger partial charge in [0.15, 0.2) is 0 Å². The highest BCUT2D eigenvalue weighted by Gasteiger charge is 2.17. The smallest absolute Gasteiger partial charge is 0.335 e. The minimum Gasteiger partial charge on any atom is -0.478 e. The summed E-state index contributed by atoms with van der Waals surface area (Å²) in [5.74, 6) is -1.17. The van der Waals surface area contributed by atoms with Crippen molar-refractivity contribution < 1.29 is 14.7 Å². The summed E-state index contributed by atoms with van der Waals surface area (Å²) >= 11 is 5.81. The van der Waals surface area contributed by atoms with E-state index in [2.05, 4.69) is 5.32 Å². The van der Waals surface area contributed by atoms with Gasteiger partial charge in [0.2, 0.25) is 5.91 Å². The van der Waals surface area contributed by atoms with Crippen molar-refractivity contribution >= 4 is 29.2 Å². The van der Waals surface area contributed by atoms with E-state index in [0.29, 0.717) is 5.69 Å². The van der Waals surface area contributed by atoms with E-state index in [0.717, 1.165) is 0 Å². The molecular formula is C13H16ClNO3. The topological polar surface area (TPSA) is 66.4 Å². The highest BCUT2D eigenvalue weighted by Crippen LogP contribution is 2.21. The van der Waals surface area contributed by atoms with Gasteiger partial charge in [-0.2, -0.15) is 0 Å². The van der Waals surface area contributed by atoms with Crippen molar-refractivity contribution in [1.82, 2.24) is 0 Å². The predicted octanol–water partition coefficient (Wildman–Crippen LogP) is 3.27. The molecule has 18 heavy (non-hydrogen) atoms. The first-order valence-corrected chi connectivity index (χ1v) is 6.03. The number of hydrogen-bond acceptors (Lipinski definition) is 2. The fourth-order valence-corrected chi connectivity index (χ4v) is 1.58. The molecule has 2 N–H and O–H groups in total. The molecule has 0 spiro atoms. The lowest BCUT2D eigenvalue weighted by atomic mass is 9.97. The van der Waals surface area contributed by atoms with Gasteiger partial charge < -0.3 is 10.4 Å². The predicted molar refractivity (Wildman–Crippen MR) is 71.0 cm³/mol. The van der Waals surface area contributed by atoms with Crippen LogP contribution in [0.2, 0.25) is 5.02 Å². The third-order valence-corrected chi connectivity index (χ3v) is 3.04. The number of carbonyl (C=O) groups is 2. The molecule has 0 aromatic heterocycles. The van der Waals surface area contributed by atoms with E-state index >= 15 is 0 Å². The van der Waals surface area contributed by atoms with Crippen LogP contribution in [0.15, 0.2) is 18.2 Å². The van der Waals surface area contributed by atoms with Gasteiger partial charge in [-0.15, -0.1) is 0 Å². The first-order chi connectivity index (χ1) is 8.31. The molecule has 1 rings (SSSR count). The van der Waals surface area contributed by atoms with Gasteiger partial charge in [0, 0.05) is 16.6 Å². The summed E-state index contributed by atoms with van der Waals surface area (Å²) in [6.07, 6.45) is 0. The Hall–Kier alpha value is -1.55. The van der Waals surface area contributed by atoms with Crippen LogP contribution in [-0.4, -0.2) is 17.0 Å². The lowest BCUT2D eigenvalue weighted by Gasteiger charge is -2.15. The first kappa shape index (κ1) is 14.5. The van der Waals surface area contributed by atoms with Crippen LogP contribution >= 0.6 is 11.6 Å². The van der Waals surface area contributed by atoms with Crippen LogP contribution in [-0.2, 0) is 4.79 Å². The molecule has 0 saturated carbocycles. The number of aromatic carboxylic acids is 1. The molecule has 0 bridgehead atoms. The van der Waals surface area contributed by atoms with Crippen LogP contribution < -0.4 is 5.32 Å². The zero-order valence-corrected chi connectivity index (χ0v) is 11.3. The Labute approximate surface area is 111 Å². The number of halogens is 1. The summed E-state index contributed by atoms with van der Waals surface area (Å²) in [5, 5.41) is 11.8. The number of nitrogens with one attached hydrogen (secondary N) is 1. The molecule has 0 fully saturated rings.